The molecule has 4 N–H and O–H groups in total. The Hall–Kier alpha value is -1.62. The van der Waals surface area contributed by atoms with Crippen LogP contribution in [-0.2, 0) is 0 Å². The van der Waals surface area contributed by atoms with Gasteiger partial charge in [0.05, 0.1) is 6.04 Å². The zero-order valence-corrected chi connectivity index (χ0v) is 25.7. The minimum Gasteiger partial charge on any atom is -0.386 e. The molecule has 3 unspecified atom stereocenters. The Labute approximate surface area is 221 Å². The number of unbranched alkanes of at least 4 members (excludes halogenated alkanes) is 1. The third kappa shape index (κ3) is 25.3. The fraction of sp³-hybridized carbons (Fsp3) is 0.800. The molecule has 0 heterocycles. The van der Waals surface area contributed by atoms with Crippen molar-refractivity contribution in [2.75, 3.05) is 13.1 Å². The zero-order valence-electron chi connectivity index (χ0n) is 25.7. The quantitative estimate of drug-likeness (QED) is 0.0778. The lowest BCUT2D eigenvalue weighted by atomic mass is 10.1. The van der Waals surface area contributed by atoms with Crippen LogP contribution < -0.4 is 16.4 Å². The summed E-state index contributed by atoms with van der Waals surface area (Å²) >= 11 is 0. The van der Waals surface area contributed by atoms with E-state index in [1.54, 1.807) is 0 Å². The van der Waals surface area contributed by atoms with E-state index < -0.39 is 0 Å². The average molecular weight is 496 g/mol. The Kier molecular flexibility index (Phi) is 40.0. The van der Waals surface area contributed by atoms with Gasteiger partial charge in [-0.3, -0.25) is 15.3 Å². The van der Waals surface area contributed by atoms with E-state index in [-0.39, 0.29) is 12.1 Å². The van der Waals surface area contributed by atoms with Crippen LogP contribution in [0.4, 0.5) is 0 Å². The van der Waals surface area contributed by atoms with Gasteiger partial charge in [-0.05, 0) is 51.4 Å². The highest BCUT2D eigenvalue weighted by molar-refractivity contribution is 5.86. The first-order chi connectivity index (χ1) is 17.1. The van der Waals surface area contributed by atoms with Gasteiger partial charge in [-0.15, -0.1) is 6.58 Å². The van der Waals surface area contributed by atoms with Crippen molar-refractivity contribution in [2.24, 2.45) is 15.7 Å². The standard InChI is InChI=1S/C24H47N5.3C2H6/c1-7-15-22(28-20(9-3)10-4)16-13-14-18-26-19-21(11-5)29-23(12-6)24(25)27-17-8-2;3*1-2/h9,15,19-21,23,28-29H,3,7-8,10-14,16-18H2,1-2,4-6H3,(H2,25,27);3*1-2H3/b22-15-,26-19?;;;. The van der Waals surface area contributed by atoms with Gasteiger partial charge in [0, 0.05) is 37.1 Å². The lowest BCUT2D eigenvalue weighted by molar-refractivity contribution is 0.545. The van der Waals surface area contributed by atoms with Crippen LogP contribution in [0.5, 0.6) is 0 Å². The first-order valence-corrected chi connectivity index (χ1v) is 14.7. The normalized spacial score (nSPS) is 13.8. The van der Waals surface area contributed by atoms with Crippen molar-refractivity contribution < 1.29 is 0 Å². The summed E-state index contributed by atoms with van der Waals surface area (Å²) < 4.78 is 0. The van der Waals surface area contributed by atoms with Gasteiger partial charge in [0.2, 0.25) is 0 Å². The van der Waals surface area contributed by atoms with Crippen molar-refractivity contribution in [1.82, 2.24) is 10.6 Å². The van der Waals surface area contributed by atoms with Crippen molar-refractivity contribution in [3.8, 4) is 0 Å². The number of hydrogen-bond donors (Lipinski definition) is 3. The van der Waals surface area contributed by atoms with Crippen LogP contribution in [-0.4, -0.2) is 43.3 Å². The van der Waals surface area contributed by atoms with Crippen LogP contribution in [0.1, 0.15) is 128 Å². The van der Waals surface area contributed by atoms with E-state index in [1.807, 2.05) is 47.6 Å². The van der Waals surface area contributed by atoms with Crippen molar-refractivity contribution >= 4 is 12.1 Å². The van der Waals surface area contributed by atoms with Crippen molar-refractivity contribution in [3.05, 3.63) is 24.4 Å². The van der Waals surface area contributed by atoms with Crippen LogP contribution in [0.3, 0.4) is 0 Å². The molecule has 0 saturated carbocycles. The summed E-state index contributed by atoms with van der Waals surface area (Å²) in [6.07, 6.45) is 14.7. The number of nitrogens with two attached hydrogens (primary N) is 1. The van der Waals surface area contributed by atoms with Crippen molar-refractivity contribution in [2.45, 2.75) is 146 Å². The molecule has 0 bridgehead atoms. The molecule has 0 amide bonds. The van der Waals surface area contributed by atoms with Crippen molar-refractivity contribution in [3.63, 3.8) is 0 Å². The molecule has 0 aliphatic heterocycles. The molecule has 0 spiro atoms. The SMILES string of the molecule is C=CC(CC)N/C(=C\CC)CCCCN=CC(CC)NC(CC)C(N)=NCCC.CC.CC.CC. The number of allylic oxidation sites excluding steroid dienone is 2. The average Bonchev–Trinajstić information content (AvgIpc) is 2.92. The van der Waals surface area contributed by atoms with Gasteiger partial charge in [-0.25, -0.2) is 0 Å². The first kappa shape index (κ1) is 40.5. The fourth-order valence-electron chi connectivity index (χ4n) is 3.05. The second-order valence-electron chi connectivity index (χ2n) is 7.49. The third-order valence-electron chi connectivity index (χ3n) is 4.95. The predicted molar refractivity (Wildman–Crippen MR) is 165 cm³/mol. The van der Waals surface area contributed by atoms with E-state index >= 15 is 0 Å². The second-order valence-corrected chi connectivity index (χ2v) is 7.49. The maximum atomic E-state index is 6.14. The van der Waals surface area contributed by atoms with Gasteiger partial charge >= 0.3 is 0 Å². The molecular weight excluding hydrogens is 430 g/mol. The van der Waals surface area contributed by atoms with Gasteiger partial charge in [0.1, 0.15) is 5.84 Å². The molecule has 0 radical (unpaired) electrons. The maximum absolute atomic E-state index is 6.14. The molecular formula is C30H65N5. The third-order valence-corrected chi connectivity index (χ3v) is 4.95. The largest absolute Gasteiger partial charge is 0.386 e. The van der Waals surface area contributed by atoms with E-state index in [4.69, 9.17) is 5.73 Å². The summed E-state index contributed by atoms with van der Waals surface area (Å²) in [6.45, 7) is 28.4. The summed E-state index contributed by atoms with van der Waals surface area (Å²) in [5.41, 5.74) is 7.48. The number of rotatable bonds is 18. The van der Waals surface area contributed by atoms with Crippen molar-refractivity contribution in [1.29, 1.82) is 0 Å². The van der Waals surface area contributed by atoms with Gasteiger partial charge in [0.15, 0.2) is 0 Å². The number of amidine groups is 1. The highest BCUT2D eigenvalue weighted by atomic mass is 15.0. The summed E-state index contributed by atoms with van der Waals surface area (Å²) in [5.74, 6) is 0.717. The van der Waals surface area contributed by atoms with Gasteiger partial charge in [0.25, 0.3) is 0 Å². The lowest BCUT2D eigenvalue weighted by Gasteiger charge is -2.21. The van der Waals surface area contributed by atoms with Crippen LogP contribution >= 0.6 is 0 Å². The zero-order chi connectivity index (χ0) is 27.9. The molecule has 0 aliphatic carbocycles. The fourth-order valence-corrected chi connectivity index (χ4v) is 3.05. The maximum Gasteiger partial charge on any atom is 0.111 e. The second kappa shape index (κ2) is 34.5. The number of aliphatic imine (C=N–C) groups is 2. The minimum atomic E-state index is 0.127. The smallest absolute Gasteiger partial charge is 0.111 e. The van der Waals surface area contributed by atoms with E-state index in [0.29, 0.717) is 11.9 Å². The Morgan fingerprint density at radius 2 is 1.46 bits per heavy atom. The molecule has 5 nitrogen and oxygen atoms in total. The molecule has 0 fully saturated rings. The summed E-state index contributed by atoms with van der Waals surface area (Å²) in [7, 11) is 0. The molecule has 0 aromatic heterocycles. The number of nitrogens with zero attached hydrogens (tertiary/aromatic N) is 2. The molecule has 210 valence electrons. The van der Waals surface area contributed by atoms with E-state index in [2.05, 4.69) is 74.1 Å². The minimum absolute atomic E-state index is 0.127. The summed E-state index contributed by atoms with van der Waals surface area (Å²) in [6, 6.07) is 0.731. The summed E-state index contributed by atoms with van der Waals surface area (Å²) in [5, 5.41) is 7.19. The molecule has 5 heteroatoms. The molecule has 35 heavy (non-hydrogen) atoms. The van der Waals surface area contributed by atoms with Gasteiger partial charge < -0.3 is 11.1 Å². The van der Waals surface area contributed by atoms with Gasteiger partial charge in [-0.2, -0.15) is 0 Å². The van der Waals surface area contributed by atoms with Gasteiger partial charge in [-0.1, -0.05) is 88.3 Å². The predicted octanol–water partition coefficient (Wildman–Crippen LogP) is 8.07. The van der Waals surface area contributed by atoms with Crippen LogP contribution in [0.2, 0.25) is 0 Å². The first-order valence-electron chi connectivity index (χ1n) is 14.7. The Morgan fingerprint density at radius 3 is 1.91 bits per heavy atom. The number of nitrogens with one attached hydrogen (secondary N) is 2. The molecule has 3 atom stereocenters. The van der Waals surface area contributed by atoms with Crippen LogP contribution in [0, 0.1) is 0 Å². The molecule has 0 aromatic carbocycles. The Bertz CT molecular complexity index is 497. The van der Waals surface area contributed by atoms with E-state index in [1.165, 1.54) is 5.70 Å². The number of hydrogen-bond acceptors (Lipinski definition) is 4. The molecule has 0 aliphatic rings. The Balaban J connectivity index is -0.000000737. The van der Waals surface area contributed by atoms with Crippen LogP contribution in [0.15, 0.2) is 34.4 Å². The highest BCUT2D eigenvalue weighted by Gasteiger charge is 2.14. The monoisotopic (exact) mass is 496 g/mol. The van der Waals surface area contributed by atoms with Crippen LogP contribution in [0.25, 0.3) is 0 Å². The molecule has 0 rings (SSSR count). The van der Waals surface area contributed by atoms with E-state index in [0.717, 1.165) is 64.5 Å². The summed E-state index contributed by atoms with van der Waals surface area (Å²) in [4.78, 5) is 9.12. The van der Waals surface area contributed by atoms with E-state index in [9.17, 15) is 0 Å². The lowest BCUT2D eigenvalue weighted by Crippen LogP contribution is -2.46. The molecule has 0 aromatic rings. The molecule has 0 saturated heterocycles. The topological polar surface area (TPSA) is 74.8 Å². The Morgan fingerprint density at radius 1 is 0.857 bits per heavy atom. The highest BCUT2D eigenvalue weighted by Crippen LogP contribution is 2.09.